The zero-order valence-electron chi connectivity index (χ0n) is 8.67. The van der Waals surface area contributed by atoms with E-state index >= 15 is 0 Å². The van der Waals surface area contributed by atoms with Gasteiger partial charge in [-0.05, 0) is 6.92 Å². The molecule has 1 amide bonds. The van der Waals surface area contributed by atoms with E-state index in [1.807, 2.05) is 0 Å². The Morgan fingerprint density at radius 3 is 2.44 bits per heavy atom. The van der Waals surface area contributed by atoms with Crippen molar-refractivity contribution < 1.29 is 9.42 Å². The Bertz CT molecular complexity index is 424. The predicted molar refractivity (Wildman–Crippen MR) is 53.4 cm³/mol. The summed E-state index contributed by atoms with van der Waals surface area (Å²) in [5.74, 6) is 4.60. The van der Waals surface area contributed by atoms with Crippen molar-refractivity contribution in [2.24, 2.45) is 23.0 Å². The second kappa shape index (κ2) is 4.49. The van der Waals surface area contributed by atoms with Crippen LogP contribution in [0.5, 0.6) is 0 Å². The van der Waals surface area contributed by atoms with Gasteiger partial charge < -0.3 is 17.2 Å². The van der Waals surface area contributed by atoms with Crippen LogP contribution in [0.1, 0.15) is 11.4 Å². The number of hydrazine groups is 1. The standard InChI is InChI=1S/C7H13N7O2/c1-3-4(13-16-12-3)2-14(11)6(9)5(8)7(10)15/h2,8-9,11H2,1H3,(H2,10,15)/b6-5-. The Balaban J connectivity index is 2.81. The number of nitrogens with zero attached hydrogens (tertiary/aromatic N) is 3. The van der Waals surface area contributed by atoms with Crippen molar-refractivity contribution in [3.05, 3.63) is 22.9 Å². The molecule has 0 saturated heterocycles. The lowest BCUT2D eigenvalue weighted by Crippen LogP contribution is -2.39. The molecule has 1 aromatic heterocycles. The first-order chi connectivity index (χ1) is 7.43. The first-order valence-electron chi connectivity index (χ1n) is 4.28. The highest BCUT2D eigenvalue weighted by molar-refractivity contribution is 5.91. The van der Waals surface area contributed by atoms with Crippen LogP contribution >= 0.6 is 0 Å². The fourth-order valence-electron chi connectivity index (χ4n) is 0.920. The molecular weight excluding hydrogens is 214 g/mol. The molecule has 0 fully saturated rings. The Hall–Kier alpha value is -2.29. The van der Waals surface area contributed by atoms with Crippen LogP contribution in [0.15, 0.2) is 16.1 Å². The van der Waals surface area contributed by atoms with Gasteiger partial charge >= 0.3 is 0 Å². The van der Waals surface area contributed by atoms with Crippen LogP contribution in [-0.4, -0.2) is 21.2 Å². The number of amides is 1. The van der Waals surface area contributed by atoms with Crippen LogP contribution in [-0.2, 0) is 11.3 Å². The Morgan fingerprint density at radius 1 is 1.38 bits per heavy atom. The summed E-state index contributed by atoms with van der Waals surface area (Å²) < 4.78 is 4.47. The number of carbonyl (C=O) groups excluding carboxylic acids is 1. The molecule has 0 aromatic carbocycles. The predicted octanol–water partition coefficient (Wildman–Crippen LogP) is -2.37. The van der Waals surface area contributed by atoms with Crippen molar-refractivity contribution in [2.45, 2.75) is 13.5 Å². The third-order valence-corrected chi connectivity index (χ3v) is 1.92. The van der Waals surface area contributed by atoms with E-state index in [4.69, 9.17) is 23.0 Å². The maximum Gasteiger partial charge on any atom is 0.268 e. The van der Waals surface area contributed by atoms with Crippen LogP contribution in [0.3, 0.4) is 0 Å². The molecule has 0 atom stereocenters. The van der Waals surface area contributed by atoms with Gasteiger partial charge in [0, 0.05) is 0 Å². The molecule has 1 aromatic rings. The van der Waals surface area contributed by atoms with E-state index in [1.165, 1.54) is 0 Å². The second-order valence-corrected chi connectivity index (χ2v) is 3.09. The molecule has 1 rings (SSSR count). The monoisotopic (exact) mass is 227 g/mol. The Morgan fingerprint density at radius 2 is 2.00 bits per heavy atom. The quantitative estimate of drug-likeness (QED) is 0.251. The molecular formula is C7H13N7O2. The van der Waals surface area contributed by atoms with Gasteiger partial charge in [0.15, 0.2) is 0 Å². The molecule has 16 heavy (non-hydrogen) atoms. The molecule has 0 bridgehead atoms. The smallest absolute Gasteiger partial charge is 0.268 e. The molecule has 8 N–H and O–H groups in total. The van der Waals surface area contributed by atoms with Crippen molar-refractivity contribution in [1.82, 2.24) is 15.3 Å². The summed E-state index contributed by atoms with van der Waals surface area (Å²) in [6, 6.07) is 0. The number of carbonyl (C=O) groups is 1. The third kappa shape index (κ3) is 2.39. The summed E-state index contributed by atoms with van der Waals surface area (Å²) in [4.78, 5) is 10.7. The van der Waals surface area contributed by atoms with Crippen molar-refractivity contribution >= 4 is 5.91 Å². The fraction of sp³-hybridized carbons (Fsp3) is 0.286. The molecule has 0 aliphatic heterocycles. The molecule has 0 aliphatic rings. The van der Waals surface area contributed by atoms with Crippen LogP contribution < -0.4 is 23.0 Å². The van der Waals surface area contributed by atoms with Crippen molar-refractivity contribution in [1.29, 1.82) is 0 Å². The molecule has 0 aliphatic carbocycles. The van der Waals surface area contributed by atoms with Gasteiger partial charge in [-0.2, -0.15) is 0 Å². The Labute approximate surface area is 91.0 Å². The lowest BCUT2D eigenvalue weighted by atomic mass is 10.3. The SMILES string of the molecule is Cc1nonc1CN(N)/C(N)=C(\N)C(N)=O. The number of primary amides is 1. The van der Waals surface area contributed by atoms with Gasteiger partial charge in [0.1, 0.15) is 22.9 Å². The molecule has 1 heterocycles. The maximum absolute atomic E-state index is 10.7. The largest absolute Gasteiger partial charge is 0.391 e. The minimum Gasteiger partial charge on any atom is -0.391 e. The van der Waals surface area contributed by atoms with Crippen LogP contribution in [0.25, 0.3) is 0 Å². The summed E-state index contributed by atoms with van der Waals surface area (Å²) in [7, 11) is 0. The summed E-state index contributed by atoms with van der Waals surface area (Å²) in [6.45, 7) is 1.80. The van der Waals surface area contributed by atoms with E-state index in [2.05, 4.69) is 14.9 Å². The van der Waals surface area contributed by atoms with Crippen molar-refractivity contribution in [3.63, 3.8) is 0 Å². The van der Waals surface area contributed by atoms with Gasteiger partial charge in [-0.25, -0.2) is 10.5 Å². The van der Waals surface area contributed by atoms with Crippen molar-refractivity contribution in [3.8, 4) is 0 Å². The molecule has 0 saturated carbocycles. The first-order valence-corrected chi connectivity index (χ1v) is 4.28. The van der Waals surface area contributed by atoms with Crippen LogP contribution in [0.2, 0.25) is 0 Å². The number of aryl methyl sites for hydroxylation is 1. The summed E-state index contributed by atoms with van der Waals surface area (Å²) in [5, 5.41) is 8.19. The van der Waals surface area contributed by atoms with Crippen LogP contribution in [0, 0.1) is 6.92 Å². The van der Waals surface area contributed by atoms with Gasteiger partial charge in [-0.1, -0.05) is 10.3 Å². The van der Waals surface area contributed by atoms with E-state index in [0.717, 1.165) is 5.01 Å². The van der Waals surface area contributed by atoms with E-state index in [0.29, 0.717) is 11.4 Å². The number of aromatic nitrogens is 2. The van der Waals surface area contributed by atoms with Crippen molar-refractivity contribution in [2.75, 3.05) is 0 Å². The lowest BCUT2D eigenvalue weighted by molar-refractivity contribution is -0.114. The molecule has 9 heteroatoms. The minimum absolute atomic E-state index is 0.106. The summed E-state index contributed by atoms with van der Waals surface area (Å²) in [5.41, 5.74) is 16.5. The highest BCUT2D eigenvalue weighted by Crippen LogP contribution is 2.05. The minimum atomic E-state index is -0.844. The molecule has 0 unspecified atom stereocenters. The van der Waals surface area contributed by atoms with E-state index in [-0.39, 0.29) is 18.1 Å². The number of hydrogen-bond donors (Lipinski definition) is 4. The fourth-order valence-corrected chi connectivity index (χ4v) is 0.920. The maximum atomic E-state index is 10.7. The Kier molecular flexibility index (Phi) is 3.30. The molecule has 0 radical (unpaired) electrons. The first kappa shape index (κ1) is 11.8. The average Bonchev–Trinajstić information content (AvgIpc) is 2.62. The summed E-state index contributed by atoms with van der Waals surface area (Å²) >= 11 is 0. The van der Waals surface area contributed by atoms with E-state index in [9.17, 15) is 4.79 Å². The number of nitrogens with two attached hydrogens (primary N) is 4. The highest BCUT2D eigenvalue weighted by Gasteiger charge is 2.14. The summed E-state index contributed by atoms with van der Waals surface area (Å²) in [6.07, 6.45) is 0. The third-order valence-electron chi connectivity index (χ3n) is 1.92. The average molecular weight is 227 g/mol. The van der Waals surface area contributed by atoms with Gasteiger partial charge in [-0.15, -0.1) is 0 Å². The molecule has 9 nitrogen and oxygen atoms in total. The van der Waals surface area contributed by atoms with Gasteiger partial charge in [0.25, 0.3) is 5.91 Å². The molecule has 0 spiro atoms. The van der Waals surface area contributed by atoms with Gasteiger partial charge in [0.2, 0.25) is 0 Å². The van der Waals surface area contributed by atoms with E-state index in [1.54, 1.807) is 6.92 Å². The second-order valence-electron chi connectivity index (χ2n) is 3.09. The number of hydrogen-bond acceptors (Lipinski definition) is 8. The van der Waals surface area contributed by atoms with Gasteiger partial charge in [-0.3, -0.25) is 9.80 Å². The zero-order chi connectivity index (χ0) is 12.3. The zero-order valence-corrected chi connectivity index (χ0v) is 8.67. The normalized spacial score (nSPS) is 12.1. The van der Waals surface area contributed by atoms with E-state index < -0.39 is 5.91 Å². The lowest BCUT2D eigenvalue weighted by Gasteiger charge is -2.18. The van der Waals surface area contributed by atoms with Crippen LogP contribution in [0.4, 0.5) is 0 Å². The number of rotatable bonds is 4. The molecule has 88 valence electrons. The van der Waals surface area contributed by atoms with Gasteiger partial charge in [0.05, 0.1) is 6.54 Å². The topological polar surface area (TPSA) is 163 Å². The highest BCUT2D eigenvalue weighted by atomic mass is 16.6.